The fraction of sp³-hybridized carbons (Fsp3) is 0.562. The largest absolute Gasteiger partial charge is 0.309 e. The molecule has 2 nitrogen and oxygen atoms in total. The van der Waals surface area contributed by atoms with Gasteiger partial charge in [0, 0.05) is 0 Å². The molecule has 0 aromatic heterocycles. The summed E-state index contributed by atoms with van der Waals surface area (Å²) < 4.78 is 0. The van der Waals surface area contributed by atoms with Crippen LogP contribution in [0.5, 0.6) is 0 Å². The second-order valence-corrected chi connectivity index (χ2v) is 5.31. The lowest BCUT2D eigenvalue weighted by molar-refractivity contribution is 0.285. The van der Waals surface area contributed by atoms with Crippen LogP contribution in [0.1, 0.15) is 32.3 Å². The number of benzene rings is 1. The van der Waals surface area contributed by atoms with Gasteiger partial charge in [0.25, 0.3) is 0 Å². The minimum atomic E-state index is -0.361. The number of hydrogen-bond acceptors (Lipinski definition) is 2. The predicted octanol–water partition coefficient (Wildman–Crippen LogP) is 3.87. The Hall–Kier alpha value is -1.04. The first-order valence-electron chi connectivity index (χ1n) is 6.68. The van der Waals surface area contributed by atoms with Crippen molar-refractivity contribution in [3.05, 3.63) is 35.9 Å². The summed E-state index contributed by atoms with van der Waals surface area (Å²) in [5.41, 5.74) is 0.795. The fourth-order valence-corrected chi connectivity index (χ4v) is 2.39. The Morgan fingerprint density at radius 3 is 2.26 bits per heavy atom. The van der Waals surface area contributed by atoms with Crippen LogP contribution >= 0.6 is 12.4 Å². The monoisotopic (exact) mass is 280 g/mol. The van der Waals surface area contributed by atoms with Crippen LogP contribution in [0.4, 0.5) is 0 Å². The van der Waals surface area contributed by atoms with Gasteiger partial charge in [0.05, 0.1) is 11.5 Å². The Balaban J connectivity index is 0.00000324. The number of nitrogens with zero attached hydrogens (tertiary/aromatic N) is 2. The SMILES string of the molecule is CCC(C)C(C#N)(CCN(C)C)c1ccccc1.Cl. The van der Waals surface area contributed by atoms with E-state index in [1.54, 1.807) is 0 Å². The zero-order valence-corrected chi connectivity index (χ0v) is 13.2. The van der Waals surface area contributed by atoms with Crippen LogP contribution in [0.25, 0.3) is 0 Å². The molecule has 0 amide bonds. The summed E-state index contributed by atoms with van der Waals surface area (Å²) in [7, 11) is 4.12. The van der Waals surface area contributed by atoms with Crippen LogP contribution in [0.2, 0.25) is 0 Å². The van der Waals surface area contributed by atoms with Gasteiger partial charge in [-0.2, -0.15) is 5.26 Å². The van der Waals surface area contributed by atoms with Gasteiger partial charge < -0.3 is 4.90 Å². The molecule has 0 N–H and O–H groups in total. The van der Waals surface area contributed by atoms with Gasteiger partial charge >= 0.3 is 0 Å². The molecule has 1 aromatic carbocycles. The summed E-state index contributed by atoms with van der Waals surface area (Å²) in [5.74, 6) is 0.366. The van der Waals surface area contributed by atoms with Crippen LogP contribution in [0.15, 0.2) is 30.3 Å². The molecule has 0 heterocycles. The lowest BCUT2D eigenvalue weighted by Crippen LogP contribution is -2.35. The maximum atomic E-state index is 9.78. The molecule has 2 atom stereocenters. The minimum absolute atomic E-state index is 0. The van der Waals surface area contributed by atoms with Crippen molar-refractivity contribution in [1.29, 1.82) is 5.26 Å². The molecule has 1 rings (SSSR count). The summed E-state index contributed by atoms with van der Waals surface area (Å²) >= 11 is 0. The summed E-state index contributed by atoms with van der Waals surface area (Å²) in [4.78, 5) is 2.15. The normalized spacial score (nSPS) is 15.2. The molecule has 3 heteroatoms. The van der Waals surface area contributed by atoms with Crippen LogP contribution in [-0.2, 0) is 5.41 Å². The lowest BCUT2D eigenvalue weighted by atomic mass is 9.69. The second kappa shape index (κ2) is 8.19. The first-order chi connectivity index (χ1) is 8.56. The van der Waals surface area contributed by atoms with Crippen LogP contribution in [0, 0.1) is 17.2 Å². The van der Waals surface area contributed by atoms with Gasteiger partial charge in [-0.15, -0.1) is 12.4 Å². The summed E-state index contributed by atoms with van der Waals surface area (Å²) in [6, 6.07) is 12.9. The summed E-state index contributed by atoms with van der Waals surface area (Å²) in [5, 5.41) is 9.78. The number of hydrogen-bond donors (Lipinski definition) is 0. The van der Waals surface area contributed by atoms with Crippen molar-refractivity contribution in [2.75, 3.05) is 20.6 Å². The molecule has 0 fully saturated rings. The Bertz CT molecular complexity index is 397. The van der Waals surface area contributed by atoms with Gasteiger partial charge in [0.1, 0.15) is 0 Å². The highest BCUT2D eigenvalue weighted by atomic mass is 35.5. The van der Waals surface area contributed by atoms with Crippen LogP contribution in [0.3, 0.4) is 0 Å². The molecule has 0 radical (unpaired) electrons. The quantitative estimate of drug-likeness (QED) is 0.791. The van der Waals surface area contributed by atoms with E-state index < -0.39 is 0 Å². The molecule has 0 spiro atoms. The van der Waals surface area contributed by atoms with Crippen molar-refractivity contribution in [3.8, 4) is 6.07 Å². The molecule has 0 aliphatic heterocycles. The number of halogens is 1. The summed E-state index contributed by atoms with van der Waals surface area (Å²) in [6.07, 6.45) is 1.91. The Morgan fingerprint density at radius 1 is 1.26 bits per heavy atom. The molecule has 0 saturated carbocycles. The van der Waals surface area contributed by atoms with E-state index in [4.69, 9.17) is 0 Å². The average Bonchev–Trinajstić information content (AvgIpc) is 2.40. The van der Waals surface area contributed by atoms with Crippen molar-refractivity contribution < 1.29 is 0 Å². The third-order valence-corrected chi connectivity index (χ3v) is 3.90. The van der Waals surface area contributed by atoms with E-state index in [0.717, 1.165) is 24.9 Å². The van der Waals surface area contributed by atoms with Crippen molar-refractivity contribution >= 4 is 12.4 Å². The van der Waals surface area contributed by atoms with Crippen molar-refractivity contribution in [1.82, 2.24) is 4.90 Å². The zero-order chi connectivity index (χ0) is 13.6. The van der Waals surface area contributed by atoms with E-state index in [1.165, 1.54) is 0 Å². The van der Waals surface area contributed by atoms with Gasteiger partial charge in [-0.05, 0) is 38.5 Å². The van der Waals surface area contributed by atoms with Crippen molar-refractivity contribution in [2.24, 2.45) is 5.92 Å². The van der Waals surface area contributed by atoms with Gasteiger partial charge in [-0.25, -0.2) is 0 Å². The molecule has 19 heavy (non-hydrogen) atoms. The molecular weight excluding hydrogens is 256 g/mol. The van der Waals surface area contributed by atoms with E-state index in [-0.39, 0.29) is 17.8 Å². The van der Waals surface area contributed by atoms with Crippen molar-refractivity contribution in [2.45, 2.75) is 32.1 Å². The standard InChI is InChI=1S/C16H24N2.ClH/c1-5-14(2)16(13-17,11-12-18(3)4)15-9-7-6-8-10-15;/h6-10,14H,5,11-12H2,1-4H3;1H. The Labute approximate surface area is 123 Å². The van der Waals surface area contributed by atoms with Gasteiger partial charge in [-0.1, -0.05) is 50.6 Å². The zero-order valence-electron chi connectivity index (χ0n) is 12.4. The number of nitriles is 1. The first-order valence-corrected chi connectivity index (χ1v) is 6.68. The molecule has 0 bridgehead atoms. The Kier molecular flexibility index (Phi) is 7.75. The molecule has 106 valence electrons. The lowest BCUT2D eigenvalue weighted by Gasteiger charge is -2.34. The number of rotatable bonds is 6. The van der Waals surface area contributed by atoms with Crippen LogP contribution < -0.4 is 0 Å². The van der Waals surface area contributed by atoms with Crippen molar-refractivity contribution in [3.63, 3.8) is 0 Å². The fourth-order valence-electron chi connectivity index (χ4n) is 2.39. The average molecular weight is 281 g/mol. The third kappa shape index (κ3) is 4.23. The third-order valence-electron chi connectivity index (χ3n) is 3.90. The molecule has 0 saturated heterocycles. The highest BCUT2D eigenvalue weighted by Gasteiger charge is 2.36. The van der Waals surface area contributed by atoms with E-state index in [2.05, 4.69) is 51.0 Å². The molecule has 0 aliphatic carbocycles. The highest BCUT2D eigenvalue weighted by molar-refractivity contribution is 5.85. The molecule has 0 aliphatic rings. The van der Waals surface area contributed by atoms with Gasteiger partial charge in [0.15, 0.2) is 0 Å². The molecular formula is C16H25ClN2. The smallest absolute Gasteiger partial charge is 0.0859 e. The second-order valence-electron chi connectivity index (χ2n) is 5.31. The maximum absolute atomic E-state index is 9.78. The predicted molar refractivity (Wildman–Crippen MR) is 83.6 cm³/mol. The maximum Gasteiger partial charge on any atom is 0.0859 e. The first kappa shape index (κ1) is 18.0. The Morgan fingerprint density at radius 2 is 1.84 bits per heavy atom. The van der Waals surface area contributed by atoms with E-state index in [1.807, 2.05) is 18.2 Å². The minimum Gasteiger partial charge on any atom is -0.309 e. The van der Waals surface area contributed by atoms with Gasteiger partial charge in [-0.3, -0.25) is 0 Å². The van der Waals surface area contributed by atoms with Crippen LogP contribution in [-0.4, -0.2) is 25.5 Å². The van der Waals surface area contributed by atoms with E-state index in [0.29, 0.717) is 5.92 Å². The van der Waals surface area contributed by atoms with Gasteiger partial charge in [0.2, 0.25) is 0 Å². The summed E-state index contributed by atoms with van der Waals surface area (Å²) in [6.45, 7) is 5.29. The molecule has 1 aromatic rings. The highest BCUT2D eigenvalue weighted by Crippen LogP contribution is 2.37. The molecule has 2 unspecified atom stereocenters. The van der Waals surface area contributed by atoms with E-state index >= 15 is 0 Å². The van der Waals surface area contributed by atoms with E-state index in [9.17, 15) is 5.26 Å². The topological polar surface area (TPSA) is 27.0 Å².